The Balaban J connectivity index is 1.80. The summed E-state index contributed by atoms with van der Waals surface area (Å²) in [6, 6.07) is 4.03. The number of halogens is 1. The molecule has 2 rings (SSSR count). The van der Waals surface area contributed by atoms with Gasteiger partial charge in [-0.3, -0.25) is 4.79 Å². The number of carbonyl (C=O) groups is 1. The number of hydrogen-bond acceptors (Lipinski definition) is 3. The maximum absolute atomic E-state index is 11.7. The summed E-state index contributed by atoms with van der Waals surface area (Å²) in [5, 5.41) is 6.15. The average Bonchev–Trinajstić information content (AvgIpc) is 2.84. The summed E-state index contributed by atoms with van der Waals surface area (Å²) in [4.78, 5) is 12.8. The van der Waals surface area contributed by atoms with Crippen molar-refractivity contribution in [3.63, 3.8) is 0 Å². The van der Waals surface area contributed by atoms with Crippen molar-refractivity contribution in [2.45, 2.75) is 13.0 Å². The van der Waals surface area contributed by atoms with Gasteiger partial charge in [-0.15, -0.1) is 11.3 Å². The van der Waals surface area contributed by atoms with E-state index in [4.69, 9.17) is 0 Å². The molecule has 3 nitrogen and oxygen atoms in total. The first kappa shape index (κ1) is 11.1. The lowest BCUT2D eigenvalue weighted by atomic mass is 10.1. The van der Waals surface area contributed by atoms with Gasteiger partial charge in [0.25, 0.3) is 0 Å². The highest BCUT2D eigenvalue weighted by Crippen LogP contribution is 2.21. The van der Waals surface area contributed by atoms with Crippen LogP contribution in [0.5, 0.6) is 0 Å². The molecule has 0 aliphatic carbocycles. The highest BCUT2D eigenvalue weighted by molar-refractivity contribution is 9.11. The quantitative estimate of drug-likeness (QED) is 0.890. The molecule has 0 saturated carbocycles. The average molecular weight is 289 g/mol. The zero-order valence-corrected chi connectivity index (χ0v) is 10.7. The van der Waals surface area contributed by atoms with E-state index >= 15 is 0 Å². The van der Waals surface area contributed by atoms with E-state index in [9.17, 15) is 4.79 Å². The van der Waals surface area contributed by atoms with Crippen LogP contribution in [0.2, 0.25) is 0 Å². The summed E-state index contributed by atoms with van der Waals surface area (Å²) in [5.41, 5.74) is 0. The molecule has 1 aliphatic heterocycles. The van der Waals surface area contributed by atoms with E-state index in [1.54, 1.807) is 11.3 Å². The number of amides is 1. The monoisotopic (exact) mass is 288 g/mol. The Hall–Kier alpha value is -0.390. The molecule has 82 valence electrons. The number of carbonyl (C=O) groups excluding carboxylic acids is 1. The molecule has 5 heteroatoms. The van der Waals surface area contributed by atoms with E-state index in [1.165, 1.54) is 4.88 Å². The van der Waals surface area contributed by atoms with Gasteiger partial charge < -0.3 is 10.6 Å². The van der Waals surface area contributed by atoms with Gasteiger partial charge in [-0.2, -0.15) is 0 Å². The highest BCUT2D eigenvalue weighted by Gasteiger charge is 2.21. The van der Waals surface area contributed by atoms with Gasteiger partial charge in [-0.05, 0) is 41.0 Å². The minimum Gasteiger partial charge on any atom is -0.351 e. The highest BCUT2D eigenvalue weighted by atomic mass is 79.9. The van der Waals surface area contributed by atoms with Gasteiger partial charge >= 0.3 is 0 Å². The Morgan fingerprint density at radius 2 is 2.53 bits per heavy atom. The van der Waals surface area contributed by atoms with Crippen molar-refractivity contribution in [3.8, 4) is 0 Å². The van der Waals surface area contributed by atoms with Crippen LogP contribution >= 0.6 is 27.3 Å². The van der Waals surface area contributed by atoms with Crippen LogP contribution in [-0.2, 0) is 11.3 Å². The molecule has 1 aromatic rings. The van der Waals surface area contributed by atoms with Crippen molar-refractivity contribution in [1.82, 2.24) is 10.6 Å². The van der Waals surface area contributed by atoms with Crippen molar-refractivity contribution in [1.29, 1.82) is 0 Å². The lowest BCUT2D eigenvalue weighted by molar-refractivity contribution is -0.124. The molecule has 1 atom stereocenters. The molecule has 0 spiro atoms. The molecule has 2 N–H and O–H groups in total. The molecule has 15 heavy (non-hydrogen) atoms. The molecule has 0 bridgehead atoms. The van der Waals surface area contributed by atoms with Gasteiger partial charge in [0, 0.05) is 11.4 Å². The third-order valence-corrected chi connectivity index (χ3v) is 4.12. The van der Waals surface area contributed by atoms with Crippen molar-refractivity contribution in [2.24, 2.45) is 5.92 Å². The predicted octanol–water partition coefficient (Wildman–Crippen LogP) is 1.74. The molecule has 2 heterocycles. The second-order valence-corrected chi connectivity index (χ2v) is 6.16. The number of nitrogens with one attached hydrogen (secondary N) is 2. The van der Waals surface area contributed by atoms with Crippen molar-refractivity contribution in [3.05, 3.63) is 20.8 Å². The summed E-state index contributed by atoms with van der Waals surface area (Å²) >= 11 is 5.06. The van der Waals surface area contributed by atoms with Crippen LogP contribution in [0.3, 0.4) is 0 Å². The molecule has 1 aromatic heterocycles. The van der Waals surface area contributed by atoms with Crippen LogP contribution in [0.1, 0.15) is 11.3 Å². The van der Waals surface area contributed by atoms with E-state index in [0.29, 0.717) is 6.54 Å². The number of thiophene rings is 1. The molecular weight excluding hydrogens is 276 g/mol. The number of rotatable bonds is 3. The summed E-state index contributed by atoms with van der Waals surface area (Å²) in [7, 11) is 0. The Kier molecular flexibility index (Phi) is 3.77. The summed E-state index contributed by atoms with van der Waals surface area (Å²) in [5.74, 6) is 0.331. The van der Waals surface area contributed by atoms with Gasteiger partial charge in [-0.25, -0.2) is 0 Å². The Morgan fingerprint density at radius 1 is 1.67 bits per heavy atom. The van der Waals surface area contributed by atoms with E-state index in [1.807, 2.05) is 12.1 Å². The standard InChI is InChI=1S/C10H13BrN2OS/c11-9-2-1-8(15-9)6-13-10(14)7-3-4-12-5-7/h1-2,7,12H,3-6H2,(H,13,14)/t7-/m0/s1. The third kappa shape index (κ3) is 3.03. The zero-order valence-electron chi connectivity index (χ0n) is 8.25. The molecular formula is C10H13BrN2OS. The van der Waals surface area contributed by atoms with Gasteiger partial charge in [0.2, 0.25) is 5.91 Å². The van der Waals surface area contributed by atoms with Crippen LogP contribution in [-0.4, -0.2) is 19.0 Å². The van der Waals surface area contributed by atoms with Gasteiger partial charge in [0.05, 0.1) is 16.2 Å². The van der Waals surface area contributed by atoms with Crippen LogP contribution in [0.4, 0.5) is 0 Å². The van der Waals surface area contributed by atoms with Crippen molar-refractivity contribution < 1.29 is 4.79 Å². The maximum Gasteiger partial charge on any atom is 0.224 e. The minimum atomic E-state index is 0.161. The molecule has 1 fully saturated rings. The van der Waals surface area contributed by atoms with Gasteiger partial charge in [0.15, 0.2) is 0 Å². The Morgan fingerprint density at radius 3 is 3.13 bits per heavy atom. The van der Waals surface area contributed by atoms with Crippen LogP contribution < -0.4 is 10.6 Å². The summed E-state index contributed by atoms with van der Waals surface area (Å²) in [6.07, 6.45) is 0.958. The molecule has 1 amide bonds. The van der Waals surface area contributed by atoms with Crippen LogP contribution in [0.15, 0.2) is 15.9 Å². The first-order valence-corrected chi connectivity index (χ1v) is 6.59. The Bertz CT molecular complexity index is 347. The normalized spacial score (nSPS) is 20.5. The van der Waals surface area contributed by atoms with E-state index < -0.39 is 0 Å². The van der Waals surface area contributed by atoms with Crippen LogP contribution in [0.25, 0.3) is 0 Å². The fraction of sp³-hybridized carbons (Fsp3) is 0.500. The molecule has 0 radical (unpaired) electrons. The minimum absolute atomic E-state index is 0.161. The predicted molar refractivity (Wildman–Crippen MR) is 64.8 cm³/mol. The smallest absolute Gasteiger partial charge is 0.224 e. The number of hydrogen-bond donors (Lipinski definition) is 2. The first-order chi connectivity index (χ1) is 7.25. The zero-order chi connectivity index (χ0) is 10.7. The molecule has 1 saturated heterocycles. The second kappa shape index (κ2) is 5.09. The van der Waals surface area contributed by atoms with Crippen LogP contribution in [0, 0.1) is 5.92 Å². The summed E-state index contributed by atoms with van der Waals surface area (Å²) < 4.78 is 1.11. The maximum atomic E-state index is 11.7. The SMILES string of the molecule is O=C(NCc1ccc(Br)s1)[C@H]1CCNC1. The lowest BCUT2D eigenvalue weighted by Gasteiger charge is -2.08. The van der Waals surface area contributed by atoms with Crippen molar-refractivity contribution in [2.75, 3.05) is 13.1 Å². The Labute approximate surface area is 101 Å². The molecule has 0 unspecified atom stereocenters. The lowest BCUT2D eigenvalue weighted by Crippen LogP contribution is -2.31. The van der Waals surface area contributed by atoms with E-state index in [2.05, 4.69) is 26.6 Å². The topological polar surface area (TPSA) is 41.1 Å². The van der Waals surface area contributed by atoms with E-state index in [-0.39, 0.29) is 11.8 Å². The molecule has 1 aliphatic rings. The molecule has 0 aromatic carbocycles. The summed E-state index contributed by atoms with van der Waals surface area (Å²) in [6.45, 7) is 2.42. The van der Waals surface area contributed by atoms with E-state index in [0.717, 1.165) is 23.3 Å². The van der Waals surface area contributed by atoms with Gasteiger partial charge in [0.1, 0.15) is 0 Å². The largest absolute Gasteiger partial charge is 0.351 e. The van der Waals surface area contributed by atoms with Gasteiger partial charge in [-0.1, -0.05) is 0 Å². The fourth-order valence-corrected chi connectivity index (χ4v) is 3.07. The first-order valence-electron chi connectivity index (χ1n) is 4.98. The fourth-order valence-electron chi connectivity index (χ4n) is 1.64. The second-order valence-electron chi connectivity index (χ2n) is 3.61. The third-order valence-electron chi connectivity index (χ3n) is 2.50. The van der Waals surface area contributed by atoms with Crippen molar-refractivity contribution >= 4 is 33.2 Å².